The number of fused-ring (bicyclic) bond motifs is 1. The van der Waals surface area contributed by atoms with Gasteiger partial charge in [-0.05, 0) is 68.3 Å². The van der Waals surface area contributed by atoms with Crippen LogP contribution in [0.3, 0.4) is 0 Å². The molecule has 4 rings (SSSR count). The van der Waals surface area contributed by atoms with Crippen LogP contribution in [0.15, 0.2) is 48.5 Å². The van der Waals surface area contributed by atoms with E-state index in [1.165, 1.54) is 6.07 Å². The van der Waals surface area contributed by atoms with E-state index in [2.05, 4.69) is 15.6 Å². The number of carbonyl (C=O) groups is 2. The topological polar surface area (TPSA) is 83.2 Å². The maximum Gasteiger partial charge on any atom is 0.235 e. The second kappa shape index (κ2) is 13.0. The number of carbonyl (C=O) groups excluding carboxylic acids is 2. The summed E-state index contributed by atoms with van der Waals surface area (Å²) in [6, 6.07) is 12.1. The number of aryl methyl sites for hydroxylation is 1. The van der Waals surface area contributed by atoms with Gasteiger partial charge in [0.15, 0.2) is 0 Å². The highest BCUT2D eigenvalue weighted by atomic mass is 19.1. The fraction of sp³-hybridized carbons (Fsp3) is 0.310. The molecular weight excluding hydrogens is 457 g/mol. The first-order valence-corrected chi connectivity index (χ1v) is 12.1. The Kier molecular flexibility index (Phi) is 9.73. The molecule has 1 unspecified atom stereocenters. The lowest BCUT2D eigenvalue weighted by molar-refractivity contribution is -0.116. The summed E-state index contributed by atoms with van der Waals surface area (Å²) in [5, 5.41) is 5.87. The molecular formula is C29H34FN3O3. The Hall–Kier alpha value is -3.55. The zero-order valence-corrected chi connectivity index (χ0v) is 21.3. The van der Waals surface area contributed by atoms with Crippen LogP contribution < -0.4 is 10.6 Å². The number of anilines is 1. The first-order chi connectivity index (χ1) is 17.4. The fourth-order valence-electron chi connectivity index (χ4n) is 4.33. The third-order valence-electron chi connectivity index (χ3n) is 6.20. The molecule has 2 aromatic carbocycles. The summed E-state index contributed by atoms with van der Waals surface area (Å²) in [5.74, 6) is -0.996. The molecule has 1 amide bonds. The van der Waals surface area contributed by atoms with Crippen molar-refractivity contribution in [2.75, 3.05) is 32.1 Å². The molecule has 1 aliphatic rings. The molecule has 1 atom stereocenters. The number of halogens is 1. The van der Waals surface area contributed by atoms with Gasteiger partial charge < -0.3 is 25.1 Å². The van der Waals surface area contributed by atoms with Crippen molar-refractivity contribution in [3.8, 4) is 11.1 Å². The first kappa shape index (κ1) is 27.0. The number of H-pyrrole nitrogens is 1. The maximum absolute atomic E-state index is 14.4. The summed E-state index contributed by atoms with van der Waals surface area (Å²) in [5.41, 5.74) is 6.42. The molecule has 1 aromatic heterocycles. The van der Waals surface area contributed by atoms with E-state index in [1.807, 2.05) is 58.2 Å². The molecule has 190 valence electrons. The van der Waals surface area contributed by atoms with Crippen LogP contribution >= 0.6 is 0 Å². The van der Waals surface area contributed by atoms with E-state index in [0.29, 0.717) is 23.2 Å². The molecule has 1 aliphatic heterocycles. The van der Waals surface area contributed by atoms with Gasteiger partial charge in [-0.1, -0.05) is 36.4 Å². The molecule has 6 nitrogen and oxygen atoms in total. The predicted octanol–water partition coefficient (Wildman–Crippen LogP) is 5.17. The molecule has 3 N–H and O–H groups in total. The van der Waals surface area contributed by atoms with Gasteiger partial charge in [-0.25, -0.2) is 4.39 Å². The third-order valence-corrected chi connectivity index (χ3v) is 6.20. The Morgan fingerprint density at radius 2 is 1.86 bits per heavy atom. The zero-order valence-electron chi connectivity index (χ0n) is 21.3. The van der Waals surface area contributed by atoms with Crippen LogP contribution in [-0.4, -0.2) is 44.0 Å². The minimum Gasteiger partial charge on any atom is -0.380 e. The van der Waals surface area contributed by atoms with Crippen molar-refractivity contribution in [2.45, 2.75) is 33.1 Å². The van der Waals surface area contributed by atoms with Crippen LogP contribution in [0.25, 0.3) is 17.2 Å². The van der Waals surface area contributed by atoms with Crippen LogP contribution in [0.4, 0.5) is 10.1 Å². The first-order valence-electron chi connectivity index (χ1n) is 12.1. The van der Waals surface area contributed by atoms with Crippen LogP contribution in [0.2, 0.25) is 0 Å². The molecule has 0 saturated heterocycles. The number of aldehydes is 1. The summed E-state index contributed by atoms with van der Waals surface area (Å²) < 4.78 is 19.4. The summed E-state index contributed by atoms with van der Waals surface area (Å²) >= 11 is 0. The van der Waals surface area contributed by atoms with Crippen molar-refractivity contribution in [1.82, 2.24) is 10.3 Å². The highest BCUT2D eigenvalue weighted by Gasteiger charge is 2.31. The van der Waals surface area contributed by atoms with Crippen LogP contribution in [0.1, 0.15) is 40.9 Å². The molecule has 0 aliphatic carbocycles. The fourth-order valence-corrected chi connectivity index (χ4v) is 4.33. The summed E-state index contributed by atoms with van der Waals surface area (Å²) in [4.78, 5) is 26.9. The lowest BCUT2D eigenvalue weighted by Gasteiger charge is -2.12. The Balaban J connectivity index is 0.000000454. The molecule has 0 spiro atoms. The monoisotopic (exact) mass is 491 g/mol. The number of ether oxygens (including phenoxy) is 1. The summed E-state index contributed by atoms with van der Waals surface area (Å²) in [6.07, 6.45) is 4.94. The Morgan fingerprint density at radius 1 is 1.11 bits per heavy atom. The predicted molar refractivity (Wildman–Crippen MR) is 143 cm³/mol. The average molecular weight is 492 g/mol. The molecule has 36 heavy (non-hydrogen) atoms. The van der Waals surface area contributed by atoms with Gasteiger partial charge in [0.05, 0.1) is 12.5 Å². The van der Waals surface area contributed by atoms with E-state index in [0.717, 1.165) is 54.1 Å². The minimum absolute atomic E-state index is 0.144. The lowest BCUT2D eigenvalue weighted by atomic mass is 9.90. The van der Waals surface area contributed by atoms with Crippen molar-refractivity contribution in [1.29, 1.82) is 0 Å². The number of likely N-dealkylation sites (N-methyl/N-ethyl adjacent to an activating group) is 1. The standard InChI is InChI=1S/C24H21FN2O2.C5H13NO/c1-14-16(12-13-28)15(2)26-21(14)11-10-19-23-18(17-6-3-4-8-20(17)25)7-5-9-22(23)27-24(19)29;1-3-7-5-4-6-2/h3-11,13,19,26H,12H2,1-2H3,(H,27,29);6H,3-5H2,1-2H3. The average Bonchev–Trinajstić information content (AvgIpc) is 3.34. The molecule has 7 heteroatoms. The van der Waals surface area contributed by atoms with Crippen molar-refractivity contribution in [3.63, 3.8) is 0 Å². The number of amides is 1. The van der Waals surface area contributed by atoms with Crippen molar-refractivity contribution >= 4 is 24.0 Å². The highest BCUT2D eigenvalue weighted by Crippen LogP contribution is 2.41. The van der Waals surface area contributed by atoms with Crippen LogP contribution in [0, 0.1) is 19.7 Å². The maximum atomic E-state index is 14.4. The van der Waals surface area contributed by atoms with Gasteiger partial charge >= 0.3 is 0 Å². The Bertz CT molecular complexity index is 1230. The van der Waals surface area contributed by atoms with E-state index in [1.54, 1.807) is 18.2 Å². The van der Waals surface area contributed by atoms with E-state index < -0.39 is 5.92 Å². The van der Waals surface area contributed by atoms with Gasteiger partial charge in [0.2, 0.25) is 5.91 Å². The van der Waals surface area contributed by atoms with Gasteiger partial charge in [-0.15, -0.1) is 0 Å². The molecule has 0 saturated carbocycles. The summed E-state index contributed by atoms with van der Waals surface area (Å²) in [7, 11) is 1.92. The molecule has 3 aromatic rings. The lowest BCUT2D eigenvalue weighted by Crippen LogP contribution is -2.13. The molecule has 0 radical (unpaired) electrons. The third kappa shape index (κ3) is 6.17. The minimum atomic E-state index is -0.529. The van der Waals surface area contributed by atoms with E-state index in [9.17, 15) is 14.0 Å². The summed E-state index contributed by atoms with van der Waals surface area (Å²) in [6.45, 7) is 8.48. The highest BCUT2D eigenvalue weighted by molar-refractivity contribution is 6.07. The van der Waals surface area contributed by atoms with E-state index >= 15 is 0 Å². The van der Waals surface area contributed by atoms with Gasteiger partial charge in [-0.2, -0.15) is 0 Å². The second-order valence-electron chi connectivity index (χ2n) is 8.51. The molecule has 0 fully saturated rings. The van der Waals surface area contributed by atoms with Crippen molar-refractivity contribution < 1.29 is 18.7 Å². The number of hydrogen-bond acceptors (Lipinski definition) is 4. The van der Waals surface area contributed by atoms with Gasteiger partial charge in [0.25, 0.3) is 0 Å². The smallest absolute Gasteiger partial charge is 0.235 e. The van der Waals surface area contributed by atoms with Crippen LogP contribution in [0.5, 0.6) is 0 Å². The Morgan fingerprint density at radius 3 is 2.56 bits per heavy atom. The normalized spacial score (nSPS) is 14.4. The Labute approximate surface area is 212 Å². The number of nitrogens with one attached hydrogen (secondary N) is 3. The number of hydrogen-bond donors (Lipinski definition) is 3. The van der Waals surface area contributed by atoms with E-state index in [-0.39, 0.29) is 11.7 Å². The van der Waals surface area contributed by atoms with Crippen molar-refractivity contribution in [2.24, 2.45) is 0 Å². The van der Waals surface area contributed by atoms with Gasteiger partial charge in [0, 0.05) is 42.2 Å². The number of benzene rings is 2. The largest absolute Gasteiger partial charge is 0.380 e. The second-order valence-corrected chi connectivity index (χ2v) is 8.51. The quantitative estimate of drug-likeness (QED) is 0.285. The zero-order chi connectivity index (χ0) is 26.1. The van der Waals surface area contributed by atoms with Gasteiger partial charge in [0.1, 0.15) is 12.1 Å². The SMILES string of the molecule is CCOCCNC.Cc1[nH]c(C=CC2C(=O)Nc3cccc(-c4ccccc4F)c32)c(C)c1CC=O. The van der Waals surface area contributed by atoms with Crippen LogP contribution in [-0.2, 0) is 20.7 Å². The van der Waals surface area contributed by atoms with Crippen molar-refractivity contribution in [3.05, 3.63) is 82.4 Å². The molecule has 0 bridgehead atoms. The number of rotatable bonds is 9. The van der Waals surface area contributed by atoms with E-state index in [4.69, 9.17) is 4.74 Å². The number of aromatic amines is 1. The number of aromatic nitrogens is 1. The van der Waals surface area contributed by atoms with Gasteiger partial charge in [-0.3, -0.25) is 4.79 Å². The molecule has 2 heterocycles.